The summed E-state index contributed by atoms with van der Waals surface area (Å²) in [5.41, 5.74) is 2.96. The predicted octanol–water partition coefficient (Wildman–Crippen LogP) is 4.59. The van der Waals surface area contributed by atoms with Crippen molar-refractivity contribution >= 4 is 17.3 Å². The average Bonchev–Trinajstić information content (AvgIpc) is 3.27. The Hall–Kier alpha value is -3.87. The molecule has 158 valence electrons. The van der Waals surface area contributed by atoms with Gasteiger partial charge in [0, 0.05) is 11.8 Å². The lowest BCUT2D eigenvalue weighted by molar-refractivity contribution is 0.0975. The molecule has 3 aromatic carbocycles. The molecular weight excluding hydrogens is 396 g/mol. The number of hydrogen-bond acceptors (Lipinski definition) is 6. The van der Waals surface area contributed by atoms with E-state index in [1.54, 1.807) is 12.0 Å². The summed E-state index contributed by atoms with van der Waals surface area (Å²) in [7, 11) is 1.61. The molecule has 1 N–H and O–H groups in total. The van der Waals surface area contributed by atoms with Gasteiger partial charge in [0.1, 0.15) is 6.17 Å². The number of rotatable bonds is 5. The first-order chi connectivity index (χ1) is 15.2. The van der Waals surface area contributed by atoms with Crippen molar-refractivity contribution in [2.75, 3.05) is 30.7 Å². The van der Waals surface area contributed by atoms with E-state index >= 15 is 0 Å². The molecule has 2 aliphatic rings. The lowest BCUT2D eigenvalue weighted by Gasteiger charge is -2.38. The first kappa shape index (κ1) is 19.1. The molecule has 0 saturated heterocycles. The summed E-state index contributed by atoms with van der Waals surface area (Å²) < 4.78 is 22.2. The number of amides is 1. The number of anilines is 2. The van der Waals surface area contributed by atoms with Gasteiger partial charge < -0.3 is 24.3 Å². The van der Waals surface area contributed by atoms with Gasteiger partial charge >= 0.3 is 0 Å². The zero-order valence-corrected chi connectivity index (χ0v) is 17.3. The topological polar surface area (TPSA) is 69.3 Å². The van der Waals surface area contributed by atoms with E-state index in [0.717, 1.165) is 11.3 Å². The van der Waals surface area contributed by atoms with Gasteiger partial charge in [-0.1, -0.05) is 18.2 Å². The maximum absolute atomic E-state index is 13.6. The van der Waals surface area contributed by atoms with Crippen LogP contribution in [0.25, 0.3) is 0 Å². The number of para-hydroxylation sites is 1. The molecular formula is C24H22N2O5. The summed E-state index contributed by atoms with van der Waals surface area (Å²) in [5, 5.41) is 3.50. The minimum absolute atomic E-state index is 0.105. The molecule has 0 aliphatic carbocycles. The molecule has 0 fully saturated rings. The van der Waals surface area contributed by atoms with Crippen LogP contribution in [0.2, 0.25) is 0 Å². The number of nitrogens with one attached hydrogen (secondary N) is 1. The van der Waals surface area contributed by atoms with Crippen molar-refractivity contribution in [3.8, 4) is 23.0 Å². The summed E-state index contributed by atoms with van der Waals surface area (Å²) in [6, 6.07) is 18.7. The quantitative estimate of drug-likeness (QED) is 0.653. The SMILES string of the molecule is CCOc1cc([C@@H]2Nc3ccccc3C(=O)N2c2ccc3c(c2)OCO3)ccc1OC. The van der Waals surface area contributed by atoms with E-state index in [2.05, 4.69) is 5.32 Å². The molecule has 31 heavy (non-hydrogen) atoms. The van der Waals surface area contributed by atoms with Crippen LogP contribution in [0.1, 0.15) is 29.0 Å². The van der Waals surface area contributed by atoms with Crippen LogP contribution in [-0.2, 0) is 0 Å². The van der Waals surface area contributed by atoms with Crippen LogP contribution in [0.15, 0.2) is 60.7 Å². The van der Waals surface area contributed by atoms with Gasteiger partial charge in [-0.25, -0.2) is 0 Å². The van der Waals surface area contributed by atoms with Gasteiger partial charge in [0.25, 0.3) is 5.91 Å². The zero-order valence-electron chi connectivity index (χ0n) is 17.3. The monoisotopic (exact) mass is 418 g/mol. The Bertz CT molecular complexity index is 1150. The van der Waals surface area contributed by atoms with E-state index in [1.165, 1.54) is 0 Å². The Morgan fingerprint density at radius 1 is 1.03 bits per heavy atom. The second-order valence-electron chi connectivity index (χ2n) is 7.15. The second-order valence-corrected chi connectivity index (χ2v) is 7.15. The highest BCUT2D eigenvalue weighted by Gasteiger charge is 2.35. The molecule has 2 aliphatic heterocycles. The van der Waals surface area contributed by atoms with Crippen molar-refractivity contribution in [2.45, 2.75) is 13.1 Å². The van der Waals surface area contributed by atoms with Gasteiger partial charge in [-0.2, -0.15) is 0 Å². The molecule has 0 aromatic heterocycles. The molecule has 1 amide bonds. The number of benzene rings is 3. The fraction of sp³-hybridized carbons (Fsp3) is 0.208. The molecule has 1 atom stereocenters. The van der Waals surface area contributed by atoms with Crippen LogP contribution in [0.5, 0.6) is 23.0 Å². The molecule has 0 bridgehead atoms. The van der Waals surface area contributed by atoms with Gasteiger partial charge in [0.15, 0.2) is 23.0 Å². The highest BCUT2D eigenvalue weighted by molar-refractivity contribution is 6.12. The maximum Gasteiger partial charge on any atom is 0.262 e. The van der Waals surface area contributed by atoms with Crippen LogP contribution in [-0.4, -0.2) is 26.4 Å². The fourth-order valence-corrected chi connectivity index (χ4v) is 3.92. The number of methoxy groups -OCH3 is 1. The first-order valence-corrected chi connectivity index (χ1v) is 10.1. The van der Waals surface area contributed by atoms with E-state index in [1.807, 2.05) is 67.6 Å². The molecule has 2 heterocycles. The summed E-state index contributed by atoms with van der Waals surface area (Å²) in [4.78, 5) is 15.3. The number of carbonyl (C=O) groups is 1. The number of hydrogen-bond donors (Lipinski definition) is 1. The number of nitrogens with zero attached hydrogens (tertiary/aromatic N) is 1. The van der Waals surface area contributed by atoms with Crippen LogP contribution in [0, 0.1) is 0 Å². The van der Waals surface area contributed by atoms with Crippen molar-refractivity contribution in [3.63, 3.8) is 0 Å². The average molecular weight is 418 g/mol. The molecule has 0 spiro atoms. The fourth-order valence-electron chi connectivity index (χ4n) is 3.92. The Morgan fingerprint density at radius 3 is 2.71 bits per heavy atom. The minimum atomic E-state index is -0.451. The molecule has 5 rings (SSSR count). The molecule has 0 saturated carbocycles. The summed E-state index contributed by atoms with van der Waals surface area (Å²) >= 11 is 0. The van der Waals surface area contributed by atoms with Crippen LogP contribution >= 0.6 is 0 Å². The van der Waals surface area contributed by atoms with Gasteiger partial charge in [0.05, 0.1) is 25.0 Å². The van der Waals surface area contributed by atoms with Crippen LogP contribution < -0.4 is 29.2 Å². The van der Waals surface area contributed by atoms with Crippen molar-refractivity contribution in [1.29, 1.82) is 0 Å². The van der Waals surface area contributed by atoms with E-state index in [4.69, 9.17) is 18.9 Å². The van der Waals surface area contributed by atoms with Crippen molar-refractivity contribution in [1.82, 2.24) is 0 Å². The van der Waals surface area contributed by atoms with E-state index < -0.39 is 6.17 Å². The normalized spacial score (nSPS) is 16.5. The van der Waals surface area contributed by atoms with E-state index in [9.17, 15) is 4.79 Å². The van der Waals surface area contributed by atoms with Crippen LogP contribution in [0.4, 0.5) is 11.4 Å². The Kier molecular flexibility index (Phi) is 4.78. The van der Waals surface area contributed by atoms with Crippen molar-refractivity contribution in [2.24, 2.45) is 0 Å². The third-order valence-corrected chi connectivity index (χ3v) is 5.36. The minimum Gasteiger partial charge on any atom is -0.493 e. The highest BCUT2D eigenvalue weighted by Crippen LogP contribution is 2.42. The molecule has 7 heteroatoms. The van der Waals surface area contributed by atoms with Crippen molar-refractivity contribution < 1.29 is 23.7 Å². The Morgan fingerprint density at radius 2 is 1.87 bits per heavy atom. The summed E-state index contributed by atoms with van der Waals surface area (Å²) in [5.74, 6) is 2.45. The molecule has 0 unspecified atom stereocenters. The van der Waals surface area contributed by atoms with E-state index in [0.29, 0.717) is 40.9 Å². The number of fused-ring (bicyclic) bond motifs is 2. The number of ether oxygens (including phenoxy) is 4. The molecule has 3 aromatic rings. The van der Waals surface area contributed by atoms with Gasteiger partial charge in [0.2, 0.25) is 6.79 Å². The lowest BCUT2D eigenvalue weighted by atomic mass is 10.0. The summed E-state index contributed by atoms with van der Waals surface area (Å²) in [6.45, 7) is 2.60. The lowest BCUT2D eigenvalue weighted by Crippen LogP contribution is -2.43. The van der Waals surface area contributed by atoms with Crippen molar-refractivity contribution in [3.05, 3.63) is 71.8 Å². The standard InChI is InChI=1S/C24H22N2O5/c1-3-29-21-12-15(8-10-19(21)28-2)23-25-18-7-5-4-6-17(18)24(27)26(23)16-9-11-20-22(13-16)31-14-30-20/h4-13,23,25H,3,14H2,1-2H3/t23-/m1/s1. The third-order valence-electron chi connectivity index (χ3n) is 5.36. The van der Waals surface area contributed by atoms with Gasteiger partial charge in [-0.05, 0) is 48.9 Å². The maximum atomic E-state index is 13.6. The smallest absolute Gasteiger partial charge is 0.262 e. The highest BCUT2D eigenvalue weighted by atomic mass is 16.7. The van der Waals surface area contributed by atoms with Crippen LogP contribution in [0.3, 0.4) is 0 Å². The Labute approximate surface area is 180 Å². The van der Waals surface area contributed by atoms with Gasteiger partial charge in [-0.15, -0.1) is 0 Å². The largest absolute Gasteiger partial charge is 0.493 e. The summed E-state index contributed by atoms with van der Waals surface area (Å²) in [6.07, 6.45) is -0.451. The molecule has 7 nitrogen and oxygen atoms in total. The zero-order chi connectivity index (χ0) is 21.4. The second kappa shape index (κ2) is 7.75. The molecule has 0 radical (unpaired) electrons. The number of carbonyl (C=O) groups excluding carboxylic acids is 1. The van der Waals surface area contributed by atoms with E-state index in [-0.39, 0.29) is 12.7 Å². The predicted molar refractivity (Wildman–Crippen MR) is 116 cm³/mol. The Balaban J connectivity index is 1.63. The first-order valence-electron chi connectivity index (χ1n) is 10.1. The van der Waals surface area contributed by atoms with Gasteiger partial charge in [-0.3, -0.25) is 9.69 Å². The third kappa shape index (κ3) is 3.28.